The van der Waals surface area contributed by atoms with Crippen molar-refractivity contribution in [3.63, 3.8) is 0 Å². The predicted molar refractivity (Wildman–Crippen MR) is 77.2 cm³/mol. The monoisotopic (exact) mass is 302 g/mol. The fourth-order valence-corrected chi connectivity index (χ4v) is 2.01. The third-order valence-electron chi connectivity index (χ3n) is 3.28. The maximum absolute atomic E-state index is 13.0. The largest absolute Gasteiger partial charge is 0.396 e. The summed E-state index contributed by atoms with van der Waals surface area (Å²) in [5.41, 5.74) is 0.645. The summed E-state index contributed by atoms with van der Waals surface area (Å²) in [6.45, 7) is 5.42. The van der Waals surface area contributed by atoms with Gasteiger partial charge in [0.25, 0.3) is 0 Å². The number of urea groups is 1. The minimum Gasteiger partial charge on any atom is -0.396 e. The Morgan fingerprint density at radius 3 is 2.55 bits per heavy atom. The summed E-state index contributed by atoms with van der Waals surface area (Å²) < 4.78 is 13.0. The highest BCUT2D eigenvalue weighted by Gasteiger charge is 2.17. The highest BCUT2D eigenvalue weighted by Crippen LogP contribution is 2.23. The summed E-state index contributed by atoms with van der Waals surface area (Å²) >= 11 is 5.94. The van der Waals surface area contributed by atoms with Crippen molar-refractivity contribution < 1.29 is 14.3 Å². The summed E-state index contributed by atoms with van der Waals surface area (Å²) in [4.78, 5) is 11.8. The van der Waals surface area contributed by atoms with Crippen LogP contribution in [0.3, 0.4) is 0 Å². The van der Waals surface area contributed by atoms with Crippen LogP contribution in [0.5, 0.6) is 0 Å². The first-order chi connectivity index (χ1) is 9.35. The highest BCUT2D eigenvalue weighted by atomic mass is 35.5. The third-order valence-corrected chi connectivity index (χ3v) is 3.60. The maximum Gasteiger partial charge on any atom is 0.315 e. The predicted octanol–water partition coefficient (Wildman–Crippen LogP) is 2.86. The fraction of sp³-hybridized carbons (Fsp3) is 0.500. The van der Waals surface area contributed by atoms with Gasteiger partial charge in [0.1, 0.15) is 5.82 Å². The molecule has 0 saturated carbocycles. The number of benzene rings is 1. The van der Waals surface area contributed by atoms with Crippen molar-refractivity contribution in [1.29, 1.82) is 0 Å². The van der Waals surface area contributed by atoms with E-state index in [4.69, 9.17) is 16.7 Å². The standard InChI is InChI=1S/C14H20ClFN2O2/c1-8(7-19)9(2)17-14(20)18-10(3)12-5-4-11(16)6-13(12)15/h4-6,8-10,19H,7H2,1-3H3,(H2,17,18,20). The number of hydrogen-bond donors (Lipinski definition) is 3. The van der Waals surface area contributed by atoms with Gasteiger partial charge in [-0.25, -0.2) is 9.18 Å². The third kappa shape index (κ3) is 4.65. The first kappa shape index (κ1) is 16.7. The lowest BCUT2D eigenvalue weighted by Gasteiger charge is -2.22. The van der Waals surface area contributed by atoms with Gasteiger partial charge >= 0.3 is 6.03 Å². The number of carbonyl (C=O) groups excluding carboxylic acids is 1. The molecule has 2 amide bonds. The molecular weight excluding hydrogens is 283 g/mol. The van der Waals surface area contributed by atoms with Crippen molar-refractivity contribution in [2.75, 3.05) is 6.61 Å². The molecule has 6 heteroatoms. The minimum atomic E-state index is -0.416. The van der Waals surface area contributed by atoms with Crippen LogP contribution in [0.25, 0.3) is 0 Å². The van der Waals surface area contributed by atoms with E-state index in [1.807, 2.05) is 13.8 Å². The lowest BCUT2D eigenvalue weighted by Crippen LogP contribution is -2.44. The molecule has 20 heavy (non-hydrogen) atoms. The Bertz CT molecular complexity index is 470. The van der Waals surface area contributed by atoms with Gasteiger partial charge in [-0.15, -0.1) is 0 Å². The van der Waals surface area contributed by atoms with E-state index in [0.29, 0.717) is 5.56 Å². The molecule has 1 aromatic rings. The van der Waals surface area contributed by atoms with Crippen LogP contribution in [0.1, 0.15) is 32.4 Å². The van der Waals surface area contributed by atoms with Gasteiger partial charge in [-0.3, -0.25) is 0 Å². The van der Waals surface area contributed by atoms with Gasteiger partial charge in [0.05, 0.1) is 6.04 Å². The summed E-state index contributed by atoms with van der Waals surface area (Å²) in [5.74, 6) is -0.453. The van der Waals surface area contributed by atoms with Crippen LogP contribution in [0.4, 0.5) is 9.18 Å². The summed E-state index contributed by atoms with van der Waals surface area (Å²) in [7, 11) is 0. The summed E-state index contributed by atoms with van der Waals surface area (Å²) in [6, 6.07) is 3.20. The molecule has 0 aliphatic rings. The molecule has 3 atom stereocenters. The molecule has 0 bridgehead atoms. The van der Waals surface area contributed by atoms with Crippen molar-refractivity contribution in [2.45, 2.75) is 32.9 Å². The molecule has 0 aliphatic carbocycles. The summed E-state index contributed by atoms with van der Waals surface area (Å²) in [6.07, 6.45) is 0. The SMILES string of the molecule is CC(NC(=O)NC(C)C(C)CO)c1ccc(F)cc1Cl. The van der Waals surface area contributed by atoms with Crippen molar-refractivity contribution in [3.8, 4) is 0 Å². The second-order valence-electron chi connectivity index (χ2n) is 4.95. The van der Waals surface area contributed by atoms with Crippen LogP contribution >= 0.6 is 11.6 Å². The number of aliphatic hydroxyl groups is 1. The number of carbonyl (C=O) groups is 1. The summed E-state index contributed by atoms with van der Waals surface area (Å²) in [5, 5.41) is 14.8. The topological polar surface area (TPSA) is 61.4 Å². The lowest BCUT2D eigenvalue weighted by molar-refractivity contribution is 0.199. The zero-order valence-electron chi connectivity index (χ0n) is 11.8. The Morgan fingerprint density at radius 2 is 2.00 bits per heavy atom. The first-order valence-electron chi connectivity index (χ1n) is 6.48. The van der Waals surface area contributed by atoms with Gasteiger partial charge < -0.3 is 15.7 Å². The fourth-order valence-electron chi connectivity index (χ4n) is 1.68. The van der Waals surface area contributed by atoms with Gasteiger partial charge in [-0.2, -0.15) is 0 Å². The van der Waals surface area contributed by atoms with Gasteiger partial charge in [0.2, 0.25) is 0 Å². The second-order valence-corrected chi connectivity index (χ2v) is 5.36. The zero-order chi connectivity index (χ0) is 15.3. The van der Waals surface area contributed by atoms with Gasteiger partial charge in [-0.1, -0.05) is 24.6 Å². The van der Waals surface area contributed by atoms with E-state index in [-0.39, 0.29) is 35.7 Å². The average molecular weight is 303 g/mol. The van der Waals surface area contributed by atoms with Crippen molar-refractivity contribution in [1.82, 2.24) is 10.6 Å². The Kier molecular flexibility index (Phi) is 6.23. The molecule has 0 aromatic heterocycles. The molecule has 0 spiro atoms. The number of halogens is 2. The zero-order valence-corrected chi connectivity index (χ0v) is 12.5. The van der Waals surface area contributed by atoms with Crippen LogP contribution in [0, 0.1) is 11.7 Å². The van der Waals surface area contributed by atoms with Gasteiger partial charge in [0, 0.05) is 17.7 Å². The van der Waals surface area contributed by atoms with E-state index in [1.165, 1.54) is 12.1 Å². The molecule has 1 aromatic carbocycles. The molecule has 1 rings (SSSR count). The number of aliphatic hydroxyl groups excluding tert-OH is 1. The van der Waals surface area contributed by atoms with E-state index < -0.39 is 5.82 Å². The molecule has 0 fully saturated rings. The smallest absolute Gasteiger partial charge is 0.315 e. The molecule has 3 unspecified atom stereocenters. The maximum atomic E-state index is 13.0. The van der Waals surface area contributed by atoms with E-state index in [0.717, 1.165) is 0 Å². The molecule has 3 N–H and O–H groups in total. The number of amides is 2. The first-order valence-corrected chi connectivity index (χ1v) is 6.85. The molecule has 0 radical (unpaired) electrons. The van der Waals surface area contributed by atoms with Crippen LogP contribution in [0.2, 0.25) is 5.02 Å². The minimum absolute atomic E-state index is 0.000784. The second kappa shape index (κ2) is 7.45. The van der Waals surface area contributed by atoms with Gasteiger partial charge in [0.15, 0.2) is 0 Å². The Hall–Kier alpha value is -1.33. The molecule has 112 valence electrons. The Labute approximate surface area is 123 Å². The Morgan fingerprint density at radius 1 is 1.35 bits per heavy atom. The quantitative estimate of drug-likeness (QED) is 0.783. The van der Waals surface area contributed by atoms with Crippen LogP contribution < -0.4 is 10.6 Å². The van der Waals surface area contributed by atoms with Crippen LogP contribution in [-0.4, -0.2) is 23.8 Å². The lowest BCUT2D eigenvalue weighted by atomic mass is 10.1. The highest BCUT2D eigenvalue weighted by molar-refractivity contribution is 6.31. The Balaban J connectivity index is 2.61. The number of rotatable bonds is 5. The number of hydrogen-bond acceptors (Lipinski definition) is 2. The molecule has 0 aliphatic heterocycles. The van der Waals surface area contributed by atoms with E-state index in [2.05, 4.69) is 10.6 Å². The van der Waals surface area contributed by atoms with Gasteiger partial charge in [-0.05, 0) is 37.5 Å². The van der Waals surface area contributed by atoms with E-state index in [9.17, 15) is 9.18 Å². The van der Waals surface area contributed by atoms with E-state index in [1.54, 1.807) is 13.0 Å². The van der Waals surface area contributed by atoms with Crippen LogP contribution in [-0.2, 0) is 0 Å². The average Bonchev–Trinajstić information content (AvgIpc) is 2.37. The normalized spacial score (nSPS) is 15.3. The molecule has 0 saturated heterocycles. The molecule has 4 nitrogen and oxygen atoms in total. The molecular formula is C14H20ClFN2O2. The van der Waals surface area contributed by atoms with Crippen LogP contribution in [0.15, 0.2) is 18.2 Å². The van der Waals surface area contributed by atoms with Crippen molar-refractivity contribution >= 4 is 17.6 Å². The van der Waals surface area contributed by atoms with E-state index >= 15 is 0 Å². The van der Waals surface area contributed by atoms with Crippen molar-refractivity contribution in [3.05, 3.63) is 34.6 Å². The molecule has 0 heterocycles. The van der Waals surface area contributed by atoms with Crippen molar-refractivity contribution in [2.24, 2.45) is 5.92 Å². The number of nitrogens with one attached hydrogen (secondary N) is 2.